The van der Waals surface area contributed by atoms with Crippen molar-refractivity contribution in [2.75, 3.05) is 20.2 Å². The van der Waals surface area contributed by atoms with Crippen molar-refractivity contribution >= 4 is 6.09 Å². The Bertz CT molecular complexity index is 277. The van der Waals surface area contributed by atoms with Crippen LogP contribution in [-0.2, 0) is 4.74 Å². The van der Waals surface area contributed by atoms with E-state index in [0.29, 0.717) is 5.92 Å². The van der Waals surface area contributed by atoms with Crippen molar-refractivity contribution in [3.63, 3.8) is 0 Å². The van der Waals surface area contributed by atoms with Crippen molar-refractivity contribution in [2.24, 2.45) is 11.8 Å². The zero-order valence-corrected chi connectivity index (χ0v) is 11.1. The summed E-state index contributed by atoms with van der Waals surface area (Å²) in [6, 6.07) is 0.997. The molecule has 2 rings (SSSR count). The zero-order valence-electron chi connectivity index (χ0n) is 11.1. The summed E-state index contributed by atoms with van der Waals surface area (Å²) in [5, 5.41) is 2.94. The Hall–Kier alpha value is -0.770. The van der Waals surface area contributed by atoms with E-state index < -0.39 is 0 Å². The number of likely N-dealkylation sites (tertiary alicyclic amines) is 1. The third kappa shape index (κ3) is 3.12. The first-order valence-electron chi connectivity index (χ1n) is 6.67. The third-order valence-electron chi connectivity index (χ3n) is 4.06. The normalized spacial score (nSPS) is 38.3. The molecule has 4 heteroatoms. The van der Waals surface area contributed by atoms with Gasteiger partial charge < -0.3 is 10.1 Å². The van der Waals surface area contributed by atoms with Crippen molar-refractivity contribution in [3.05, 3.63) is 0 Å². The second-order valence-electron chi connectivity index (χ2n) is 5.86. The smallest absolute Gasteiger partial charge is 0.407 e. The first-order chi connectivity index (χ1) is 8.08. The van der Waals surface area contributed by atoms with Gasteiger partial charge in [0.05, 0.1) is 7.11 Å². The molecular formula is C13H24N2O2. The monoisotopic (exact) mass is 240 g/mol. The molecule has 1 heterocycles. The second kappa shape index (κ2) is 5.25. The number of hydrogen-bond donors (Lipinski definition) is 1. The average molecular weight is 240 g/mol. The standard InChI is InChI=1S/C13H24N2O2/c1-9-5-12(6-9)15-7-10(2)4-11(8-15)14-13(16)17-3/h9-12H,4-8H2,1-3H3,(H,14,16). The first kappa shape index (κ1) is 12.7. The number of methoxy groups -OCH3 is 1. The minimum Gasteiger partial charge on any atom is -0.453 e. The summed E-state index contributed by atoms with van der Waals surface area (Å²) in [4.78, 5) is 13.8. The average Bonchev–Trinajstić information content (AvgIpc) is 2.23. The van der Waals surface area contributed by atoms with E-state index in [1.165, 1.54) is 26.5 Å². The summed E-state index contributed by atoms with van der Waals surface area (Å²) >= 11 is 0. The highest BCUT2D eigenvalue weighted by Gasteiger charge is 2.35. The van der Waals surface area contributed by atoms with Gasteiger partial charge >= 0.3 is 6.09 Å². The summed E-state index contributed by atoms with van der Waals surface area (Å²) in [5.41, 5.74) is 0. The number of nitrogens with one attached hydrogen (secondary N) is 1. The Morgan fingerprint density at radius 1 is 1.18 bits per heavy atom. The minimum absolute atomic E-state index is 0.252. The molecule has 2 atom stereocenters. The van der Waals surface area contributed by atoms with E-state index >= 15 is 0 Å². The predicted molar refractivity (Wildman–Crippen MR) is 66.9 cm³/mol. The van der Waals surface area contributed by atoms with Crippen LogP contribution in [0.3, 0.4) is 0 Å². The molecule has 0 bridgehead atoms. The molecule has 1 amide bonds. The van der Waals surface area contributed by atoms with E-state index in [0.717, 1.165) is 24.9 Å². The number of alkyl carbamates (subject to hydrolysis) is 1. The number of nitrogens with zero attached hydrogens (tertiary/aromatic N) is 1. The number of rotatable bonds is 2. The summed E-state index contributed by atoms with van der Waals surface area (Å²) in [7, 11) is 1.42. The van der Waals surface area contributed by atoms with Crippen molar-refractivity contribution in [3.8, 4) is 0 Å². The topological polar surface area (TPSA) is 41.6 Å². The molecule has 1 saturated carbocycles. The lowest BCUT2D eigenvalue weighted by Gasteiger charge is -2.47. The van der Waals surface area contributed by atoms with Crippen LogP contribution in [0.1, 0.15) is 33.1 Å². The molecule has 4 nitrogen and oxygen atoms in total. The van der Waals surface area contributed by atoms with Crippen LogP contribution in [-0.4, -0.2) is 43.3 Å². The molecule has 2 fully saturated rings. The number of piperidine rings is 1. The van der Waals surface area contributed by atoms with Gasteiger partial charge in [0.1, 0.15) is 0 Å². The fourth-order valence-corrected chi connectivity index (χ4v) is 3.18. The number of amides is 1. The van der Waals surface area contributed by atoms with E-state index in [2.05, 4.69) is 28.8 Å². The molecule has 2 unspecified atom stereocenters. The SMILES string of the molecule is COC(=O)NC1CC(C)CN(C2CC(C)C2)C1. The van der Waals surface area contributed by atoms with Crippen LogP contribution in [0, 0.1) is 11.8 Å². The van der Waals surface area contributed by atoms with Gasteiger partial charge in [0.2, 0.25) is 0 Å². The highest BCUT2D eigenvalue weighted by Crippen LogP contribution is 2.33. The van der Waals surface area contributed by atoms with Gasteiger partial charge in [-0.15, -0.1) is 0 Å². The third-order valence-corrected chi connectivity index (χ3v) is 4.06. The molecule has 0 aromatic heterocycles. The minimum atomic E-state index is -0.300. The van der Waals surface area contributed by atoms with E-state index in [4.69, 9.17) is 0 Å². The van der Waals surface area contributed by atoms with E-state index in [1.807, 2.05) is 0 Å². The van der Waals surface area contributed by atoms with Gasteiger partial charge in [0, 0.05) is 25.2 Å². The molecule has 1 saturated heterocycles. The van der Waals surface area contributed by atoms with Crippen molar-refractivity contribution in [1.29, 1.82) is 0 Å². The van der Waals surface area contributed by atoms with Gasteiger partial charge in [0.25, 0.3) is 0 Å². The Balaban J connectivity index is 1.85. The van der Waals surface area contributed by atoms with E-state index in [9.17, 15) is 4.79 Å². The maximum Gasteiger partial charge on any atom is 0.407 e. The molecule has 0 radical (unpaired) electrons. The van der Waals surface area contributed by atoms with Crippen molar-refractivity contribution in [2.45, 2.75) is 45.2 Å². The predicted octanol–water partition coefficient (Wildman–Crippen LogP) is 1.85. The largest absolute Gasteiger partial charge is 0.453 e. The van der Waals surface area contributed by atoms with E-state index in [-0.39, 0.29) is 12.1 Å². The summed E-state index contributed by atoms with van der Waals surface area (Å²) in [6.45, 7) is 6.74. The van der Waals surface area contributed by atoms with Crippen LogP contribution in [0.2, 0.25) is 0 Å². The van der Waals surface area contributed by atoms with Crippen LogP contribution in [0.4, 0.5) is 4.79 Å². The van der Waals surface area contributed by atoms with Gasteiger partial charge in [-0.05, 0) is 31.1 Å². The molecule has 98 valence electrons. The number of ether oxygens (including phenoxy) is 1. The molecule has 0 spiro atoms. The van der Waals surface area contributed by atoms with Crippen LogP contribution < -0.4 is 5.32 Å². The van der Waals surface area contributed by atoms with Crippen LogP contribution >= 0.6 is 0 Å². The van der Waals surface area contributed by atoms with Crippen LogP contribution in [0.15, 0.2) is 0 Å². The van der Waals surface area contributed by atoms with Crippen LogP contribution in [0.25, 0.3) is 0 Å². The molecular weight excluding hydrogens is 216 g/mol. The molecule has 2 aliphatic rings. The van der Waals surface area contributed by atoms with Crippen molar-refractivity contribution < 1.29 is 9.53 Å². The Kier molecular flexibility index (Phi) is 3.92. The van der Waals surface area contributed by atoms with Crippen molar-refractivity contribution in [1.82, 2.24) is 10.2 Å². The van der Waals surface area contributed by atoms with Gasteiger partial charge in [-0.2, -0.15) is 0 Å². The summed E-state index contributed by atoms with van der Waals surface area (Å²) < 4.78 is 4.67. The molecule has 1 aliphatic heterocycles. The highest BCUT2D eigenvalue weighted by molar-refractivity contribution is 5.67. The second-order valence-corrected chi connectivity index (χ2v) is 5.86. The lowest BCUT2D eigenvalue weighted by molar-refractivity contribution is 0.0371. The fourth-order valence-electron chi connectivity index (χ4n) is 3.18. The first-order valence-corrected chi connectivity index (χ1v) is 6.67. The molecule has 0 aromatic carbocycles. The Morgan fingerprint density at radius 3 is 2.47 bits per heavy atom. The lowest BCUT2D eigenvalue weighted by atomic mass is 9.79. The zero-order chi connectivity index (χ0) is 12.4. The number of hydrogen-bond acceptors (Lipinski definition) is 3. The quantitative estimate of drug-likeness (QED) is 0.801. The maximum absolute atomic E-state index is 11.2. The number of carbonyl (C=O) groups is 1. The Morgan fingerprint density at radius 2 is 1.88 bits per heavy atom. The Labute approximate surface area is 104 Å². The molecule has 1 aliphatic carbocycles. The van der Waals surface area contributed by atoms with Gasteiger partial charge in [-0.25, -0.2) is 4.79 Å². The lowest BCUT2D eigenvalue weighted by Crippen LogP contribution is -2.56. The fraction of sp³-hybridized carbons (Fsp3) is 0.923. The van der Waals surface area contributed by atoms with Gasteiger partial charge in [0.15, 0.2) is 0 Å². The molecule has 1 N–H and O–H groups in total. The molecule has 17 heavy (non-hydrogen) atoms. The number of carbonyl (C=O) groups excluding carboxylic acids is 1. The van der Waals surface area contributed by atoms with Gasteiger partial charge in [-0.1, -0.05) is 13.8 Å². The van der Waals surface area contributed by atoms with E-state index in [1.54, 1.807) is 0 Å². The highest BCUT2D eigenvalue weighted by atomic mass is 16.5. The van der Waals surface area contributed by atoms with Gasteiger partial charge in [-0.3, -0.25) is 4.90 Å². The summed E-state index contributed by atoms with van der Waals surface area (Å²) in [6.07, 6.45) is 3.40. The van der Waals surface area contributed by atoms with Crippen LogP contribution in [0.5, 0.6) is 0 Å². The molecule has 0 aromatic rings. The summed E-state index contributed by atoms with van der Waals surface area (Å²) in [5.74, 6) is 1.53. The maximum atomic E-state index is 11.2.